The first-order valence-electron chi connectivity index (χ1n) is 7.84. The highest BCUT2D eigenvalue weighted by Gasteiger charge is 2.14. The summed E-state index contributed by atoms with van der Waals surface area (Å²) in [6.07, 6.45) is 0. The molecule has 0 fully saturated rings. The molecular formula is C19H16N4O2. The largest absolute Gasteiger partial charge is 0.497 e. The monoisotopic (exact) mass is 332 g/mol. The molecule has 4 aromatic rings. The molecule has 0 aliphatic rings. The highest BCUT2D eigenvalue weighted by Crippen LogP contribution is 2.27. The maximum Gasteiger partial charge on any atom is 0.276 e. The van der Waals surface area contributed by atoms with Crippen molar-refractivity contribution in [1.29, 1.82) is 0 Å². The Bertz CT molecular complexity index is 1000. The van der Waals surface area contributed by atoms with Crippen molar-refractivity contribution in [2.24, 2.45) is 0 Å². The van der Waals surface area contributed by atoms with E-state index >= 15 is 0 Å². The normalized spacial score (nSPS) is 10.8. The number of aromatic nitrogens is 4. The maximum atomic E-state index is 5.37. The number of aryl methyl sites for hydroxylation is 1. The van der Waals surface area contributed by atoms with Gasteiger partial charge in [-0.2, -0.15) is 10.1 Å². The van der Waals surface area contributed by atoms with Gasteiger partial charge in [0.25, 0.3) is 5.89 Å². The molecule has 0 saturated carbocycles. The van der Waals surface area contributed by atoms with Crippen LogP contribution in [-0.4, -0.2) is 27.4 Å². The number of hydrogen-bond donors (Lipinski definition) is 1. The molecule has 0 saturated heterocycles. The fourth-order valence-corrected chi connectivity index (χ4v) is 2.51. The topological polar surface area (TPSA) is 76.8 Å². The molecule has 0 amide bonds. The van der Waals surface area contributed by atoms with Gasteiger partial charge in [0.05, 0.1) is 12.8 Å². The minimum Gasteiger partial charge on any atom is -0.497 e. The summed E-state index contributed by atoms with van der Waals surface area (Å²) in [5.41, 5.74) is 4.49. The molecule has 0 radical (unpaired) electrons. The van der Waals surface area contributed by atoms with Gasteiger partial charge in [-0.15, -0.1) is 0 Å². The molecule has 124 valence electrons. The molecular weight excluding hydrogens is 316 g/mol. The van der Waals surface area contributed by atoms with Crippen LogP contribution in [0.5, 0.6) is 5.75 Å². The van der Waals surface area contributed by atoms with Crippen LogP contribution < -0.4 is 4.74 Å². The molecule has 2 aromatic heterocycles. The van der Waals surface area contributed by atoms with E-state index in [2.05, 4.69) is 20.3 Å². The second-order valence-electron chi connectivity index (χ2n) is 5.69. The van der Waals surface area contributed by atoms with Gasteiger partial charge in [-0.1, -0.05) is 47.1 Å². The van der Waals surface area contributed by atoms with Gasteiger partial charge in [0, 0.05) is 11.1 Å². The number of nitrogens with zero attached hydrogens (tertiary/aromatic N) is 3. The van der Waals surface area contributed by atoms with E-state index in [1.807, 2.05) is 61.5 Å². The molecule has 2 aromatic carbocycles. The summed E-state index contributed by atoms with van der Waals surface area (Å²) in [7, 11) is 1.64. The van der Waals surface area contributed by atoms with Crippen LogP contribution in [0.15, 0.2) is 59.1 Å². The van der Waals surface area contributed by atoms with Crippen molar-refractivity contribution in [2.45, 2.75) is 6.92 Å². The van der Waals surface area contributed by atoms with E-state index in [4.69, 9.17) is 9.26 Å². The number of benzene rings is 2. The molecule has 0 aliphatic carbocycles. The first kappa shape index (κ1) is 15.1. The third-order valence-corrected chi connectivity index (χ3v) is 3.91. The predicted molar refractivity (Wildman–Crippen MR) is 94.0 cm³/mol. The van der Waals surface area contributed by atoms with Gasteiger partial charge < -0.3 is 9.26 Å². The number of H-pyrrole nitrogens is 1. The lowest BCUT2D eigenvalue weighted by molar-refractivity contribution is 0.415. The molecule has 0 atom stereocenters. The predicted octanol–water partition coefficient (Wildman–Crippen LogP) is 4.11. The van der Waals surface area contributed by atoms with E-state index in [0.29, 0.717) is 17.4 Å². The Labute approximate surface area is 144 Å². The van der Waals surface area contributed by atoms with E-state index < -0.39 is 0 Å². The first-order valence-corrected chi connectivity index (χ1v) is 7.84. The Morgan fingerprint density at radius 2 is 1.84 bits per heavy atom. The summed E-state index contributed by atoms with van der Waals surface area (Å²) in [6, 6.07) is 17.6. The Morgan fingerprint density at radius 1 is 1.00 bits per heavy atom. The molecule has 6 heteroatoms. The van der Waals surface area contributed by atoms with Gasteiger partial charge in [-0.25, -0.2) is 0 Å². The summed E-state index contributed by atoms with van der Waals surface area (Å²) in [5, 5.41) is 11.3. The van der Waals surface area contributed by atoms with Crippen LogP contribution in [0.3, 0.4) is 0 Å². The highest BCUT2D eigenvalue weighted by molar-refractivity contribution is 5.66. The number of aromatic amines is 1. The summed E-state index contributed by atoms with van der Waals surface area (Å²) in [5.74, 6) is 1.73. The molecule has 2 heterocycles. The molecule has 1 N–H and O–H groups in total. The fraction of sp³-hybridized carbons (Fsp3) is 0.105. The summed E-state index contributed by atoms with van der Waals surface area (Å²) in [4.78, 5) is 4.45. The molecule has 25 heavy (non-hydrogen) atoms. The molecule has 0 aliphatic heterocycles. The van der Waals surface area contributed by atoms with Crippen LogP contribution in [-0.2, 0) is 0 Å². The van der Waals surface area contributed by atoms with E-state index in [-0.39, 0.29) is 0 Å². The Kier molecular flexibility index (Phi) is 3.78. The third-order valence-electron chi connectivity index (χ3n) is 3.91. The van der Waals surface area contributed by atoms with E-state index in [9.17, 15) is 0 Å². The van der Waals surface area contributed by atoms with Crippen molar-refractivity contribution < 1.29 is 9.26 Å². The van der Waals surface area contributed by atoms with Crippen molar-refractivity contribution >= 4 is 0 Å². The van der Waals surface area contributed by atoms with E-state index in [0.717, 1.165) is 22.6 Å². The quantitative estimate of drug-likeness (QED) is 0.608. The zero-order valence-electron chi connectivity index (χ0n) is 13.9. The lowest BCUT2D eigenvalue weighted by atomic mass is 10.1. The lowest BCUT2D eigenvalue weighted by Gasteiger charge is -2.00. The van der Waals surface area contributed by atoms with Gasteiger partial charge in [-0.3, -0.25) is 5.10 Å². The molecule has 6 nitrogen and oxygen atoms in total. The maximum absolute atomic E-state index is 5.37. The summed E-state index contributed by atoms with van der Waals surface area (Å²) in [6.45, 7) is 2.04. The van der Waals surface area contributed by atoms with Crippen molar-refractivity contribution in [1.82, 2.24) is 20.3 Å². The third kappa shape index (κ3) is 3.01. The Morgan fingerprint density at radius 3 is 2.64 bits per heavy atom. The summed E-state index contributed by atoms with van der Waals surface area (Å²) < 4.78 is 10.6. The minimum absolute atomic E-state index is 0.400. The van der Waals surface area contributed by atoms with Crippen LogP contribution in [0.25, 0.3) is 34.2 Å². The van der Waals surface area contributed by atoms with Crippen molar-refractivity contribution in [3.63, 3.8) is 0 Å². The van der Waals surface area contributed by atoms with Gasteiger partial charge >= 0.3 is 0 Å². The second-order valence-corrected chi connectivity index (χ2v) is 5.69. The Hall–Kier alpha value is -3.41. The number of nitrogens with one attached hydrogen (secondary N) is 1. The van der Waals surface area contributed by atoms with E-state index in [1.54, 1.807) is 7.11 Å². The molecule has 0 unspecified atom stereocenters. The zero-order chi connectivity index (χ0) is 17.2. The van der Waals surface area contributed by atoms with Crippen molar-refractivity contribution in [2.75, 3.05) is 7.11 Å². The summed E-state index contributed by atoms with van der Waals surface area (Å²) >= 11 is 0. The standard InChI is InChI=1S/C19H16N4O2/c1-12-6-8-13(9-7-12)18-20-19(25-23-18)17-11-16(21-22-17)14-4-3-5-15(10-14)24-2/h3-11H,1-2H3,(H,21,22). The number of hydrogen-bond acceptors (Lipinski definition) is 5. The van der Waals surface area contributed by atoms with Crippen LogP contribution in [0.2, 0.25) is 0 Å². The number of rotatable bonds is 4. The van der Waals surface area contributed by atoms with Gasteiger partial charge in [0.1, 0.15) is 11.4 Å². The SMILES string of the molecule is COc1cccc(-c2cc(-c3nc(-c4ccc(C)cc4)no3)[nH]n2)c1. The fourth-order valence-electron chi connectivity index (χ4n) is 2.51. The smallest absolute Gasteiger partial charge is 0.276 e. The average molecular weight is 332 g/mol. The van der Waals surface area contributed by atoms with Crippen LogP contribution in [0.1, 0.15) is 5.56 Å². The van der Waals surface area contributed by atoms with Gasteiger partial charge in [0.15, 0.2) is 0 Å². The second kappa shape index (κ2) is 6.24. The number of methoxy groups -OCH3 is 1. The Balaban J connectivity index is 1.63. The highest BCUT2D eigenvalue weighted by atomic mass is 16.5. The van der Waals surface area contributed by atoms with Crippen LogP contribution in [0.4, 0.5) is 0 Å². The van der Waals surface area contributed by atoms with Gasteiger partial charge in [-0.05, 0) is 25.1 Å². The first-order chi connectivity index (χ1) is 12.2. The van der Waals surface area contributed by atoms with Crippen LogP contribution in [0, 0.1) is 6.92 Å². The molecule has 0 bridgehead atoms. The molecule has 0 spiro atoms. The van der Waals surface area contributed by atoms with Crippen molar-refractivity contribution in [3.8, 4) is 40.0 Å². The number of ether oxygens (including phenoxy) is 1. The zero-order valence-corrected chi connectivity index (χ0v) is 13.9. The van der Waals surface area contributed by atoms with Gasteiger partial charge in [0.2, 0.25) is 5.82 Å². The average Bonchev–Trinajstić information content (AvgIpc) is 3.32. The minimum atomic E-state index is 0.400. The lowest BCUT2D eigenvalue weighted by Crippen LogP contribution is -1.83. The van der Waals surface area contributed by atoms with Crippen molar-refractivity contribution in [3.05, 3.63) is 60.2 Å². The van der Waals surface area contributed by atoms with E-state index in [1.165, 1.54) is 5.56 Å². The van der Waals surface area contributed by atoms with Crippen LogP contribution >= 0.6 is 0 Å². The molecule has 4 rings (SSSR count).